The molecule has 2 N–H and O–H groups in total. The highest BCUT2D eigenvalue weighted by molar-refractivity contribution is 9.10. The molecule has 0 radical (unpaired) electrons. The monoisotopic (exact) mass is 487 g/mol. The number of hydrazine groups is 1. The van der Waals surface area contributed by atoms with Crippen molar-refractivity contribution in [2.24, 2.45) is 5.92 Å². The van der Waals surface area contributed by atoms with Crippen molar-refractivity contribution in [2.75, 3.05) is 13.2 Å². The lowest BCUT2D eigenvalue weighted by Gasteiger charge is -2.18. The minimum absolute atomic E-state index is 0.0119. The maximum Gasteiger partial charge on any atom is 0.311 e. The van der Waals surface area contributed by atoms with Crippen LogP contribution in [0.2, 0.25) is 0 Å². The van der Waals surface area contributed by atoms with Gasteiger partial charge in [0.05, 0.1) is 18.5 Å². The van der Waals surface area contributed by atoms with Gasteiger partial charge in [0.1, 0.15) is 0 Å². The molecular weight excluding hydrogens is 466 g/mol. The first-order chi connectivity index (χ1) is 14.8. The van der Waals surface area contributed by atoms with Gasteiger partial charge in [0, 0.05) is 16.5 Å². The highest BCUT2D eigenvalue weighted by Gasteiger charge is 2.36. The number of nitrogens with zero attached hydrogens (tertiary/aromatic N) is 1. The smallest absolute Gasteiger partial charge is 0.311 e. The first-order valence-corrected chi connectivity index (χ1v) is 10.5. The molecule has 0 saturated carbocycles. The first-order valence-electron chi connectivity index (χ1n) is 9.71. The Morgan fingerprint density at radius 2 is 1.81 bits per heavy atom. The van der Waals surface area contributed by atoms with Crippen LogP contribution in [0.1, 0.15) is 35.3 Å². The predicted octanol–water partition coefficient (Wildman–Crippen LogP) is 2.36. The van der Waals surface area contributed by atoms with E-state index in [9.17, 15) is 19.2 Å². The summed E-state index contributed by atoms with van der Waals surface area (Å²) in [5.74, 6) is -2.69. The van der Waals surface area contributed by atoms with Gasteiger partial charge in [-0.05, 0) is 36.8 Å². The third-order valence-corrected chi connectivity index (χ3v) is 5.35. The molecule has 0 aliphatic carbocycles. The highest BCUT2D eigenvalue weighted by Crippen LogP contribution is 2.18. The van der Waals surface area contributed by atoms with Crippen LogP contribution in [0.4, 0.5) is 0 Å². The molecule has 1 heterocycles. The van der Waals surface area contributed by atoms with Gasteiger partial charge >= 0.3 is 5.97 Å². The lowest BCUT2D eigenvalue weighted by molar-refractivity contribution is -0.152. The molecule has 2 atom stereocenters. The number of esters is 1. The fraction of sp³-hybridized carbons (Fsp3) is 0.273. The van der Waals surface area contributed by atoms with E-state index in [0.717, 1.165) is 15.0 Å². The summed E-state index contributed by atoms with van der Waals surface area (Å²) in [6, 6.07) is 15.8. The lowest BCUT2D eigenvalue weighted by Crippen LogP contribution is -2.43. The van der Waals surface area contributed by atoms with Crippen LogP contribution in [0.3, 0.4) is 0 Å². The van der Waals surface area contributed by atoms with Crippen molar-refractivity contribution >= 4 is 39.6 Å². The van der Waals surface area contributed by atoms with Crippen molar-refractivity contribution in [3.8, 4) is 0 Å². The Kier molecular flexibility index (Phi) is 7.41. The Hall–Kier alpha value is -3.20. The molecule has 3 rings (SSSR count). The summed E-state index contributed by atoms with van der Waals surface area (Å²) in [7, 11) is 0. The Labute approximate surface area is 188 Å². The van der Waals surface area contributed by atoms with E-state index in [4.69, 9.17) is 4.74 Å². The summed E-state index contributed by atoms with van der Waals surface area (Å²) in [6.45, 7) is 1.38. The second kappa shape index (κ2) is 10.2. The molecule has 0 spiro atoms. The van der Waals surface area contributed by atoms with Crippen LogP contribution >= 0.6 is 15.9 Å². The van der Waals surface area contributed by atoms with Crippen LogP contribution in [0.25, 0.3) is 0 Å². The van der Waals surface area contributed by atoms with Crippen molar-refractivity contribution in [3.63, 3.8) is 0 Å². The van der Waals surface area contributed by atoms with Crippen molar-refractivity contribution in [1.82, 2.24) is 15.8 Å². The van der Waals surface area contributed by atoms with Crippen LogP contribution < -0.4 is 10.7 Å². The number of hydrogen-bond acceptors (Lipinski definition) is 5. The Morgan fingerprint density at radius 1 is 1.13 bits per heavy atom. The Balaban J connectivity index is 1.45. The maximum atomic E-state index is 12.3. The molecule has 1 saturated heterocycles. The molecule has 162 valence electrons. The summed E-state index contributed by atoms with van der Waals surface area (Å²) in [6.07, 6.45) is -0.0957. The fourth-order valence-corrected chi connectivity index (χ4v) is 3.39. The number of benzene rings is 2. The summed E-state index contributed by atoms with van der Waals surface area (Å²) >= 11 is 3.29. The number of halogens is 1. The van der Waals surface area contributed by atoms with Gasteiger partial charge in [-0.3, -0.25) is 29.6 Å². The molecule has 0 unspecified atom stereocenters. The molecule has 9 heteroatoms. The molecule has 31 heavy (non-hydrogen) atoms. The van der Waals surface area contributed by atoms with Gasteiger partial charge in [-0.15, -0.1) is 0 Å². The van der Waals surface area contributed by atoms with Gasteiger partial charge < -0.3 is 10.1 Å². The van der Waals surface area contributed by atoms with E-state index in [1.807, 2.05) is 37.3 Å². The van der Waals surface area contributed by atoms with Gasteiger partial charge in [0.15, 0.2) is 6.61 Å². The van der Waals surface area contributed by atoms with Crippen molar-refractivity contribution < 1.29 is 23.9 Å². The zero-order chi connectivity index (χ0) is 22.4. The number of amides is 3. The average Bonchev–Trinajstić information content (AvgIpc) is 3.13. The maximum absolute atomic E-state index is 12.3. The molecular formula is C22H22BrN3O5. The number of rotatable bonds is 7. The Bertz CT molecular complexity index is 965. The third kappa shape index (κ3) is 6.14. The zero-order valence-electron chi connectivity index (χ0n) is 16.8. The molecule has 0 bridgehead atoms. The van der Waals surface area contributed by atoms with Gasteiger partial charge in [0.25, 0.3) is 11.8 Å². The minimum Gasteiger partial charge on any atom is -0.455 e. The quantitative estimate of drug-likeness (QED) is 0.583. The topological polar surface area (TPSA) is 105 Å². The summed E-state index contributed by atoms with van der Waals surface area (Å²) in [4.78, 5) is 48.8. The summed E-state index contributed by atoms with van der Waals surface area (Å²) < 4.78 is 5.90. The molecule has 8 nitrogen and oxygen atoms in total. The lowest BCUT2D eigenvalue weighted by atomic mass is 10.1. The Morgan fingerprint density at radius 3 is 2.48 bits per heavy atom. The molecule has 3 amide bonds. The van der Waals surface area contributed by atoms with Gasteiger partial charge in [-0.25, -0.2) is 0 Å². The van der Waals surface area contributed by atoms with E-state index < -0.39 is 36.2 Å². The third-order valence-electron chi connectivity index (χ3n) is 4.82. The second-order valence-corrected chi connectivity index (χ2v) is 8.08. The van der Waals surface area contributed by atoms with Crippen molar-refractivity contribution in [2.45, 2.75) is 19.4 Å². The van der Waals surface area contributed by atoms with Crippen LogP contribution in [0.15, 0.2) is 59.1 Å². The highest BCUT2D eigenvalue weighted by atomic mass is 79.9. The molecule has 2 aromatic carbocycles. The number of carbonyl (C=O) groups excluding carboxylic acids is 4. The molecule has 0 aromatic heterocycles. The van der Waals surface area contributed by atoms with E-state index in [0.29, 0.717) is 5.56 Å². The molecule has 1 aliphatic rings. The largest absolute Gasteiger partial charge is 0.455 e. The number of carbonyl (C=O) groups is 4. The number of ether oxygens (including phenoxy) is 1. The van der Waals surface area contributed by atoms with Gasteiger partial charge in [-0.1, -0.05) is 46.3 Å². The SMILES string of the molecule is C[C@@H](NC(=O)COC(=O)[C@H]1CC(=O)N(NC(=O)c2ccc(Br)cc2)C1)c1ccccc1. The predicted molar refractivity (Wildman–Crippen MR) is 115 cm³/mol. The summed E-state index contributed by atoms with van der Waals surface area (Å²) in [5.41, 5.74) is 3.81. The average molecular weight is 488 g/mol. The minimum atomic E-state index is -0.753. The molecule has 1 fully saturated rings. The van der Waals surface area contributed by atoms with E-state index >= 15 is 0 Å². The number of hydrogen-bond donors (Lipinski definition) is 2. The summed E-state index contributed by atoms with van der Waals surface area (Å²) in [5, 5.41) is 3.86. The molecule has 1 aliphatic heterocycles. The van der Waals surface area contributed by atoms with Crippen LogP contribution in [-0.2, 0) is 19.1 Å². The van der Waals surface area contributed by atoms with E-state index in [1.54, 1.807) is 24.3 Å². The van der Waals surface area contributed by atoms with Gasteiger partial charge in [0.2, 0.25) is 5.91 Å². The van der Waals surface area contributed by atoms with Crippen LogP contribution in [0, 0.1) is 5.92 Å². The number of nitrogens with one attached hydrogen (secondary N) is 2. The van der Waals surface area contributed by atoms with Crippen LogP contribution in [-0.4, -0.2) is 41.9 Å². The first kappa shape index (κ1) is 22.5. The fourth-order valence-electron chi connectivity index (χ4n) is 3.12. The van der Waals surface area contributed by atoms with E-state index in [-0.39, 0.29) is 19.0 Å². The normalized spacial score (nSPS) is 16.5. The van der Waals surface area contributed by atoms with E-state index in [2.05, 4.69) is 26.7 Å². The van der Waals surface area contributed by atoms with Crippen molar-refractivity contribution in [1.29, 1.82) is 0 Å². The van der Waals surface area contributed by atoms with E-state index in [1.165, 1.54) is 0 Å². The van der Waals surface area contributed by atoms with Gasteiger partial charge in [-0.2, -0.15) is 0 Å². The van der Waals surface area contributed by atoms with Crippen molar-refractivity contribution in [3.05, 3.63) is 70.2 Å². The standard InChI is InChI=1S/C22H22BrN3O5/c1-14(15-5-3-2-4-6-15)24-19(27)13-31-22(30)17-11-20(28)26(12-17)25-21(29)16-7-9-18(23)10-8-16/h2-10,14,17H,11-13H2,1H3,(H,24,27)(H,25,29)/t14-,17+/m1/s1. The van der Waals surface area contributed by atoms with Crippen LogP contribution in [0.5, 0.6) is 0 Å². The zero-order valence-corrected chi connectivity index (χ0v) is 18.4. The molecule has 2 aromatic rings. The second-order valence-electron chi connectivity index (χ2n) is 7.16.